The predicted molar refractivity (Wildman–Crippen MR) is 151 cm³/mol. The van der Waals surface area contributed by atoms with Crippen molar-refractivity contribution >= 4 is 62.3 Å². The molecule has 0 unspecified atom stereocenters. The van der Waals surface area contributed by atoms with E-state index in [9.17, 15) is 22.8 Å². The first kappa shape index (κ1) is 29.0. The highest BCUT2D eigenvalue weighted by molar-refractivity contribution is 8.18. The first-order valence-electron chi connectivity index (χ1n) is 11.7. The Balaban J connectivity index is 1.53. The van der Waals surface area contributed by atoms with Gasteiger partial charge in [-0.3, -0.25) is 19.3 Å². The van der Waals surface area contributed by atoms with Gasteiger partial charge in [-0.1, -0.05) is 23.7 Å². The van der Waals surface area contributed by atoms with Gasteiger partial charge in [0.05, 0.1) is 18.6 Å². The summed E-state index contributed by atoms with van der Waals surface area (Å²) in [6.45, 7) is 1.41. The van der Waals surface area contributed by atoms with Crippen LogP contribution in [0.3, 0.4) is 0 Å². The monoisotopic (exact) mass is 602 g/mol. The Labute approximate surface area is 240 Å². The second-order valence-corrected chi connectivity index (χ2v) is 11.2. The number of rotatable bonds is 10. The molecule has 1 N–H and O–H groups in total. The second-order valence-electron chi connectivity index (χ2n) is 8.26. The van der Waals surface area contributed by atoms with Crippen molar-refractivity contribution in [2.75, 3.05) is 25.6 Å². The van der Waals surface area contributed by atoms with E-state index in [2.05, 4.69) is 5.32 Å². The van der Waals surface area contributed by atoms with Crippen LogP contribution in [-0.4, -0.2) is 50.6 Å². The highest BCUT2D eigenvalue weighted by Gasteiger charge is 2.35. The molecule has 1 aliphatic rings. The normalized spacial score (nSPS) is 14.4. The third-order valence-corrected chi connectivity index (χ3v) is 7.84. The van der Waals surface area contributed by atoms with Crippen LogP contribution >= 0.6 is 23.4 Å². The molecule has 208 valence electrons. The number of thioether (sulfide) groups is 1. The van der Waals surface area contributed by atoms with E-state index in [4.69, 9.17) is 25.3 Å². The molecule has 0 radical (unpaired) electrons. The average molecular weight is 603 g/mol. The van der Waals surface area contributed by atoms with Gasteiger partial charge in [0.1, 0.15) is 17.3 Å². The molecule has 1 saturated heterocycles. The fraction of sp³-hybridized carbons (Fsp3) is 0.148. The third-order valence-electron chi connectivity index (χ3n) is 5.44. The van der Waals surface area contributed by atoms with Gasteiger partial charge in [0, 0.05) is 23.2 Å². The lowest BCUT2D eigenvalue weighted by Crippen LogP contribution is -2.32. The predicted octanol–water partition coefficient (Wildman–Crippen LogP) is 5.19. The fourth-order valence-electron chi connectivity index (χ4n) is 3.58. The number of imide groups is 1. The summed E-state index contributed by atoms with van der Waals surface area (Å²) in [6, 6.07) is 16.7. The van der Waals surface area contributed by atoms with Crippen molar-refractivity contribution in [1.29, 1.82) is 0 Å². The molecule has 0 aromatic heterocycles. The molecule has 0 bridgehead atoms. The number of hydrogen-bond donors (Lipinski definition) is 1. The number of nitrogens with zero attached hydrogens (tertiary/aromatic N) is 1. The van der Waals surface area contributed by atoms with E-state index in [1.54, 1.807) is 30.3 Å². The number of halogens is 1. The standard InChI is InChI=1S/C27H23ClN2O8S2/c1-17(31)29-20-8-12-22(13-9-20)40(34,35)38-25-18(4-3-5-23(25)36-2)16-24-26(32)30(27(33)39-24)14-15-37-21-10-6-19(28)7-11-21/h3-13,16H,14-15H2,1-2H3,(H,29,31)/b24-16-. The maximum absolute atomic E-state index is 13.1. The Morgan fingerprint density at radius 3 is 2.40 bits per heavy atom. The summed E-state index contributed by atoms with van der Waals surface area (Å²) >= 11 is 6.58. The maximum Gasteiger partial charge on any atom is 0.339 e. The first-order valence-corrected chi connectivity index (χ1v) is 14.3. The van der Waals surface area contributed by atoms with E-state index < -0.39 is 21.3 Å². The van der Waals surface area contributed by atoms with Crippen LogP contribution in [0.25, 0.3) is 6.08 Å². The summed E-state index contributed by atoms with van der Waals surface area (Å²) in [7, 11) is -3.00. The van der Waals surface area contributed by atoms with Gasteiger partial charge in [0.15, 0.2) is 11.5 Å². The molecule has 1 aliphatic heterocycles. The summed E-state index contributed by atoms with van der Waals surface area (Å²) < 4.78 is 42.5. The lowest BCUT2D eigenvalue weighted by Gasteiger charge is -2.14. The number of nitrogens with one attached hydrogen (secondary N) is 1. The number of carbonyl (C=O) groups is 3. The zero-order valence-electron chi connectivity index (χ0n) is 21.3. The smallest absolute Gasteiger partial charge is 0.339 e. The summed E-state index contributed by atoms with van der Waals surface area (Å²) in [4.78, 5) is 37.8. The first-order chi connectivity index (χ1) is 19.1. The Morgan fingerprint density at radius 1 is 1.05 bits per heavy atom. The van der Waals surface area contributed by atoms with Crippen molar-refractivity contribution in [3.8, 4) is 17.2 Å². The van der Waals surface area contributed by atoms with Crippen LogP contribution < -0.4 is 19.0 Å². The van der Waals surface area contributed by atoms with E-state index in [0.29, 0.717) is 28.2 Å². The second kappa shape index (κ2) is 12.5. The number of methoxy groups -OCH3 is 1. The minimum Gasteiger partial charge on any atom is -0.493 e. The minimum absolute atomic E-state index is 0.00889. The van der Waals surface area contributed by atoms with Crippen LogP contribution in [0.2, 0.25) is 5.02 Å². The van der Waals surface area contributed by atoms with Crippen LogP contribution in [0.15, 0.2) is 76.5 Å². The van der Waals surface area contributed by atoms with E-state index in [1.807, 2.05) is 0 Å². The molecule has 10 nitrogen and oxygen atoms in total. The average Bonchev–Trinajstić information content (AvgIpc) is 3.18. The highest BCUT2D eigenvalue weighted by Crippen LogP contribution is 2.38. The molecule has 13 heteroatoms. The molecule has 1 heterocycles. The maximum atomic E-state index is 13.1. The number of ether oxygens (including phenoxy) is 2. The van der Waals surface area contributed by atoms with Gasteiger partial charge in [0.2, 0.25) is 5.91 Å². The molecule has 0 aliphatic carbocycles. The lowest BCUT2D eigenvalue weighted by atomic mass is 10.1. The Morgan fingerprint density at radius 2 is 1.75 bits per heavy atom. The number of para-hydroxylation sites is 1. The van der Waals surface area contributed by atoms with Crippen molar-refractivity contribution in [1.82, 2.24) is 4.90 Å². The molecule has 0 atom stereocenters. The van der Waals surface area contributed by atoms with Crippen LogP contribution in [0.4, 0.5) is 10.5 Å². The molecular weight excluding hydrogens is 580 g/mol. The lowest BCUT2D eigenvalue weighted by molar-refractivity contribution is -0.123. The quantitative estimate of drug-likeness (QED) is 0.246. The third kappa shape index (κ3) is 6.95. The van der Waals surface area contributed by atoms with Crippen molar-refractivity contribution < 1.29 is 36.5 Å². The molecule has 0 spiro atoms. The van der Waals surface area contributed by atoms with Gasteiger partial charge in [-0.2, -0.15) is 8.42 Å². The van der Waals surface area contributed by atoms with Crippen LogP contribution in [-0.2, 0) is 19.7 Å². The molecule has 1 fully saturated rings. The van der Waals surface area contributed by atoms with Gasteiger partial charge in [-0.15, -0.1) is 0 Å². The van der Waals surface area contributed by atoms with E-state index in [-0.39, 0.29) is 45.9 Å². The number of hydrogen-bond acceptors (Lipinski definition) is 9. The van der Waals surface area contributed by atoms with Gasteiger partial charge < -0.3 is 19.0 Å². The van der Waals surface area contributed by atoms with Crippen LogP contribution in [0, 0.1) is 0 Å². The Kier molecular flexibility index (Phi) is 9.03. The molecule has 40 heavy (non-hydrogen) atoms. The van der Waals surface area contributed by atoms with Crippen molar-refractivity contribution in [2.45, 2.75) is 11.8 Å². The number of anilines is 1. The molecule has 3 amide bonds. The number of benzene rings is 3. The summed E-state index contributed by atoms with van der Waals surface area (Å²) in [5.41, 5.74) is 0.624. The van der Waals surface area contributed by atoms with Gasteiger partial charge >= 0.3 is 10.1 Å². The number of carbonyl (C=O) groups excluding carboxylic acids is 3. The fourth-order valence-corrected chi connectivity index (χ4v) is 5.53. The number of amides is 3. The Hall–Kier alpha value is -4.00. The topological polar surface area (TPSA) is 128 Å². The Bertz CT molecular complexity index is 1570. The van der Waals surface area contributed by atoms with E-state index >= 15 is 0 Å². The van der Waals surface area contributed by atoms with Crippen molar-refractivity contribution in [3.63, 3.8) is 0 Å². The van der Waals surface area contributed by atoms with E-state index in [0.717, 1.165) is 4.90 Å². The van der Waals surface area contributed by atoms with Gasteiger partial charge in [0.25, 0.3) is 11.1 Å². The molecule has 3 aromatic carbocycles. The van der Waals surface area contributed by atoms with Gasteiger partial charge in [-0.05, 0) is 72.4 Å². The van der Waals surface area contributed by atoms with Gasteiger partial charge in [-0.25, -0.2) is 0 Å². The molecule has 3 aromatic rings. The van der Waals surface area contributed by atoms with Crippen LogP contribution in [0.1, 0.15) is 12.5 Å². The molecular formula is C27H23ClN2O8S2. The summed E-state index contributed by atoms with van der Waals surface area (Å²) in [5, 5.41) is 2.61. The largest absolute Gasteiger partial charge is 0.493 e. The van der Waals surface area contributed by atoms with Crippen molar-refractivity contribution in [3.05, 3.63) is 82.2 Å². The zero-order chi connectivity index (χ0) is 28.9. The highest BCUT2D eigenvalue weighted by atomic mass is 35.5. The summed E-state index contributed by atoms with van der Waals surface area (Å²) in [5.74, 6) is -0.378. The van der Waals surface area contributed by atoms with Crippen LogP contribution in [0.5, 0.6) is 17.2 Å². The zero-order valence-corrected chi connectivity index (χ0v) is 23.6. The molecule has 4 rings (SSSR count). The molecule has 0 saturated carbocycles. The van der Waals surface area contributed by atoms with Crippen molar-refractivity contribution in [2.24, 2.45) is 0 Å². The summed E-state index contributed by atoms with van der Waals surface area (Å²) in [6.07, 6.45) is 1.37. The minimum atomic E-state index is -4.34. The SMILES string of the molecule is COc1cccc(/C=C2\SC(=O)N(CCOc3ccc(Cl)cc3)C2=O)c1OS(=O)(=O)c1ccc(NC(C)=O)cc1. The van der Waals surface area contributed by atoms with E-state index in [1.165, 1.54) is 56.5 Å².